The van der Waals surface area contributed by atoms with Gasteiger partial charge in [-0.3, -0.25) is 14.4 Å². The first-order chi connectivity index (χ1) is 18.8. The first-order valence-electron chi connectivity index (χ1n) is 11.6. The van der Waals surface area contributed by atoms with Crippen molar-refractivity contribution in [3.05, 3.63) is 134 Å². The van der Waals surface area contributed by atoms with Crippen molar-refractivity contribution < 1.29 is 14.4 Å². The lowest BCUT2D eigenvalue weighted by molar-refractivity contribution is -0.113. The summed E-state index contributed by atoms with van der Waals surface area (Å²) in [5.74, 6) is -0.801. The maximum Gasteiger partial charge on any atom is 0.272 e. The number of thioether (sulfide) groups is 1. The van der Waals surface area contributed by atoms with E-state index in [1.807, 2.05) is 30.3 Å². The van der Waals surface area contributed by atoms with Crippen LogP contribution < -0.4 is 10.6 Å². The van der Waals surface area contributed by atoms with Crippen LogP contribution in [0.5, 0.6) is 0 Å². The minimum atomic E-state index is -0.479. The van der Waals surface area contributed by atoms with E-state index in [1.165, 1.54) is 11.8 Å². The van der Waals surface area contributed by atoms with Gasteiger partial charge in [0.2, 0.25) is 0 Å². The molecule has 2 amide bonds. The van der Waals surface area contributed by atoms with Gasteiger partial charge in [-0.05, 0) is 78.4 Å². The predicted molar refractivity (Wildman–Crippen MR) is 163 cm³/mol. The van der Waals surface area contributed by atoms with Crippen LogP contribution in [0.2, 0.25) is 10.0 Å². The largest absolute Gasteiger partial charge is 0.321 e. The highest BCUT2D eigenvalue weighted by Gasteiger charge is 2.16. The molecule has 39 heavy (non-hydrogen) atoms. The monoisotopic (exact) mass is 638 g/mol. The fraction of sp³-hybridized carbons (Fsp3) is 0.0333. The minimum Gasteiger partial charge on any atom is -0.321 e. The fourth-order valence-electron chi connectivity index (χ4n) is 3.48. The number of benzene rings is 4. The zero-order valence-electron chi connectivity index (χ0n) is 20.3. The average Bonchev–Trinajstić information content (AvgIpc) is 2.92. The van der Waals surface area contributed by atoms with E-state index in [0.717, 1.165) is 14.9 Å². The van der Waals surface area contributed by atoms with Gasteiger partial charge in [0.15, 0.2) is 5.78 Å². The molecule has 0 fully saturated rings. The number of nitrogens with one attached hydrogen (secondary N) is 2. The SMILES string of the molecule is O=C(Nc1ccc(SCC(=O)c2ccc(Cl)cc2Cl)cc1)/C(=C/c1cccc(Br)c1)NC(=O)c1ccccc1. The maximum absolute atomic E-state index is 13.2. The summed E-state index contributed by atoms with van der Waals surface area (Å²) in [7, 11) is 0. The van der Waals surface area contributed by atoms with Crippen LogP contribution in [0.1, 0.15) is 26.3 Å². The second-order valence-corrected chi connectivity index (χ2v) is 11.1. The van der Waals surface area contributed by atoms with E-state index in [9.17, 15) is 14.4 Å². The van der Waals surface area contributed by atoms with Gasteiger partial charge in [-0.25, -0.2) is 0 Å². The number of rotatable bonds is 9. The smallest absolute Gasteiger partial charge is 0.272 e. The van der Waals surface area contributed by atoms with E-state index in [-0.39, 0.29) is 17.2 Å². The Bertz CT molecular complexity index is 1540. The van der Waals surface area contributed by atoms with Gasteiger partial charge in [-0.2, -0.15) is 0 Å². The van der Waals surface area contributed by atoms with Crippen molar-refractivity contribution in [2.75, 3.05) is 11.1 Å². The molecule has 2 N–H and O–H groups in total. The minimum absolute atomic E-state index is 0.0887. The van der Waals surface area contributed by atoms with Gasteiger partial charge in [0.05, 0.1) is 10.8 Å². The molecule has 4 aromatic rings. The number of ketones is 1. The molecule has 9 heteroatoms. The molecule has 5 nitrogen and oxygen atoms in total. The van der Waals surface area contributed by atoms with Crippen molar-refractivity contribution >= 4 is 80.3 Å². The highest BCUT2D eigenvalue weighted by Crippen LogP contribution is 2.26. The lowest BCUT2D eigenvalue weighted by Crippen LogP contribution is -2.30. The van der Waals surface area contributed by atoms with Crippen molar-refractivity contribution in [3.8, 4) is 0 Å². The van der Waals surface area contributed by atoms with E-state index in [1.54, 1.807) is 72.8 Å². The first kappa shape index (κ1) is 28.6. The molecule has 0 aromatic heterocycles. The quantitative estimate of drug-likeness (QED) is 0.110. The topological polar surface area (TPSA) is 75.3 Å². The zero-order chi connectivity index (χ0) is 27.8. The van der Waals surface area contributed by atoms with Crippen LogP contribution in [0.15, 0.2) is 112 Å². The van der Waals surface area contributed by atoms with Gasteiger partial charge >= 0.3 is 0 Å². The van der Waals surface area contributed by atoms with E-state index < -0.39 is 11.8 Å². The summed E-state index contributed by atoms with van der Waals surface area (Å²) >= 11 is 16.8. The predicted octanol–water partition coefficient (Wildman–Crippen LogP) is 8.14. The molecular formula is C30H21BrCl2N2O3S. The van der Waals surface area contributed by atoms with Crippen molar-refractivity contribution in [1.82, 2.24) is 5.32 Å². The number of carbonyl (C=O) groups is 3. The van der Waals surface area contributed by atoms with Crippen LogP contribution in [0.4, 0.5) is 5.69 Å². The molecule has 0 saturated carbocycles. The van der Waals surface area contributed by atoms with Crippen LogP contribution in [0.25, 0.3) is 6.08 Å². The number of hydrogen-bond acceptors (Lipinski definition) is 4. The van der Waals surface area contributed by atoms with Gasteiger partial charge < -0.3 is 10.6 Å². The fourth-order valence-corrected chi connectivity index (χ4v) is 5.19. The van der Waals surface area contributed by atoms with Crippen molar-refractivity contribution in [3.63, 3.8) is 0 Å². The zero-order valence-corrected chi connectivity index (χ0v) is 24.2. The third kappa shape index (κ3) is 8.31. The van der Waals surface area contributed by atoms with Gasteiger partial charge in [-0.1, -0.05) is 69.5 Å². The highest BCUT2D eigenvalue weighted by atomic mass is 79.9. The van der Waals surface area contributed by atoms with E-state index in [0.29, 0.717) is 26.9 Å². The molecular weight excluding hydrogens is 619 g/mol. The van der Waals surface area contributed by atoms with Crippen LogP contribution in [-0.4, -0.2) is 23.4 Å². The second-order valence-electron chi connectivity index (χ2n) is 8.25. The summed E-state index contributed by atoms with van der Waals surface area (Å²) in [6, 6.07) is 27.9. The Morgan fingerprint density at radius 2 is 1.59 bits per heavy atom. The van der Waals surface area contributed by atoms with Gasteiger partial charge in [0.1, 0.15) is 5.70 Å². The summed E-state index contributed by atoms with van der Waals surface area (Å²) in [6.07, 6.45) is 1.61. The molecule has 0 spiro atoms. The Labute approximate surface area is 248 Å². The summed E-state index contributed by atoms with van der Waals surface area (Å²) in [4.78, 5) is 39.4. The molecule has 0 saturated heterocycles. The molecule has 0 radical (unpaired) electrons. The molecule has 0 unspecified atom stereocenters. The number of hydrogen-bond donors (Lipinski definition) is 2. The van der Waals surface area contributed by atoms with E-state index in [2.05, 4.69) is 26.6 Å². The number of halogens is 3. The summed E-state index contributed by atoms with van der Waals surface area (Å²) in [5.41, 5.74) is 2.21. The van der Waals surface area contributed by atoms with Crippen LogP contribution in [0.3, 0.4) is 0 Å². The highest BCUT2D eigenvalue weighted by molar-refractivity contribution is 9.10. The van der Waals surface area contributed by atoms with Crippen molar-refractivity contribution in [2.24, 2.45) is 0 Å². The van der Waals surface area contributed by atoms with Gasteiger partial charge in [0, 0.05) is 31.2 Å². The molecule has 196 valence electrons. The Balaban J connectivity index is 1.44. The van der Waals surface area contributed by atoms with Gasteiger partial charge in [-0.15, -0.1) is 11.8 Å². The summed E-state index contributed by atoms with van der Waals surface area (Å²) in [5, 5.41) is 6.33. The van der Waals surface area contributed by atoms with Crippen molar-refractivity contribution in [1.29, 1.82) is 0 Å². The number of anilines is 1. The van der Waals surface area contributed by atoms with E-state index >= 15 is 0 Å². The number of carbonyl (C=O) groups excluding carboxylic acids is 3. The number of amides is 2. The maximum atomic E-state index is 13.2. The lowest BCUT2D eigenvalue weighted by Gasteiger charge is -2.12. The molecule has 0 bridgehead atoms. The number of Topliss-reactive ketones (excluding diaryl/α,β-unsaturated/α-hetero) is 1. The van der Waals surface area contributed by atoms with Crippen LogP contribution in [0, 0.1) is 0 Å². The van der Waals surface area contributed by atoms with Gasteiger partial charge in [0.25, 0.3) is 11.8 Å². The standard InChI is InChI=1S/C30H21BrCl2N2O3S/c31-21-8-4-5-19(15-21)16-27(35-29(37)20-6-2-1-3-7-20)30(38)34-23-10-12-24(13-11-23)39-18-28(36)25-14-9-22(32)17-26(25)33/h1-17H,18H2,(H,34,38)(H,35,37)/b27-16-. The Kier molecular flexibility index (Phi) is 10.0. The Hall–Kier alpha value is -3.36. The summed E-state index contributed by atoms with van der Waals surface area (Å²) in [6.45, 7) is 0. The molecule has 0 heterocycles. The third-order valence-corrected chi connectivity index (χ3v) is 7.46. The molecule has 0 aliphatic carbocycles. The van der Waals surface area contributed by atoms with Crippen molar-refractivity contribution in [2.45, 2.75) is 4.90 Å². The molecule has 0 atom stereocenters. The van der Waals surface area contributed by atoms with Crippen LogP contribution in [-0.2, 0) is 4.79 Å². The van der Waals surface area contributed by atoms with Crippen LogP contribution >= 0.6 is 50.9 Å². The average molecular weight is 640 g/mol. The second kappa shape index (κ2) is 13.6. The summed E-state index contributed by atoms with van der Waals surface area (Å²) < 4.78 is 0.843. The molecule has 0 aliphatic heterocycles. The lowest BCUT2D eigenvalue weighted by atomic mass is 10.1. The van der Waals surface area contributed by atoms with E-state index in [4.69, 9.17) is 23.2 Å². The molecule has 4 rings (SSSR count). The molecule has 4 aromatic carbocycles. The Morgan fingerprint density at radius 3 is 2.28 bits per heavy atom. The third-order valence-electron chi connectivity index (χ3n) is 5.40. The molecule has 0 aliphatic rings. The first-order valence-corrected chi connectivity index (χ1v) is 14.2. The normalized spacial score (nSPS) is 11.1. The Morgan fingerprint density at radius 1 is 0.846 bits per heavy atom.